The number of hydrogen-bond acceptors (Lipinski definition) is 7. The number of hydrogen-bond donors (Lipinski definition) is 5. The van der Waals surface area contributed by atoms with Gasteiger partial charge in [0.15, 0.2) is 0 Å². The molecule has 5 N–H and O–H groups in total. The highest BCUT2D eigenvalue weighted by Gasteiger charge is 2.28. The van der Waals surface area contributed by atoms with Gasteiger partial charge in [0.1, 0.15) is 11.9 Å². The van der Waals surface area contributed by atoms with Crippen molar-refractivity contribution in [2.45, 2.75) is 12.1 Å². The van der Waals surface area contributed by atoms with Crippen LogP contribution in [-0.2, 0) is 6.54 Å². The molecule has 100 valence electrons. The van der Waals surface area contributed by atoms with Gasteiger partial charge < -0.3 is 20.4 Å². The molecule has 0 aliphatic carbocycles. The van der Waals surface area contributed by atoms with Crippen molar-refractivity contribution in [3.05, 3.63) is 23.8 Å². The van der Waals surface area contributed by atoms with Crippen LogP contribution in [-0.4, -0.2) is 61.7 Å². The first kappa shape index (κ1) is 14.5. The summed E-state index contributed by atoms with van der Waals surface area (Å²) in [5, 5.41) is 38.9. The summed E-state index contributed by atoms with van der Waals surface area (Å²) in [6, 6.07) is 0. The molecule has 1 aromatic rings. The van der Waals surface area contributed by atoms with Gasteiger partial charge in [-0.3, -0.25) is 5.32 Å². The van der Waals surface area contributed by atoms with Crippen LogP contribution in [0.3, 0.4) is 0 Å². The smallest absolute Gasteiger partial charge is 0.339 e. The van der Waals surface area contributed by atoms with Gasteiger partial charge in [0.05, 0.1) is 31.1 Å². The number of carboxylic acids is 1. The quantitative estimate of drug-likeness (QED) is 0.377. The zero-order valence-electron chi connectivity index (χ0n) is 9.57. The van der Waals surface area contributed by atoms with Gasteiger partial charge in [-0.15, -0.1) is 0 Å². The fourth-order valence-corrected chi connectivity index (χ4v) is 1.26. The third-order valence-electron chi connectivity index (χ3n) is 2.56. The maximum atomic E-state index is 10.9. The fourth-order valence-electron chi connectivity index (χ4n) is 1.26. The second-order valence-electron chi connectivity index (χ2n) is 3.80. The first-order valence-corrected chi connectivity index (χ1v) is 5.18. The molecule has 0 saturated carbocycles. The lowest BCUT2D eigenvalue weighted by atomic mass is 10.0. The summed E-state index contributed by atoms with van der Waals surface area (Å²) >= 11 is 0. The third-order valence-corrected chi connectivity index (χ3v) is 2.56. The molecule has 0 aliphatic rings. The molecule has 0 aliphatic heterocycles. The Hall–Kier alpha value is -1.61. The standard InChI is InChI=1S/C10H15N3O5/c14-3-10(4-15,5-16)13-2-8-7(9(17)18)1-11-6-12-8/h1,6,13-16H,2-5H2,(H,17,18). The third kappa shape index (κ3) is 3.20. The van der Waals surface area contributed by atoms with Crippen LogP contribution in [0.15, 0.2) is 12.5 Å². The van der Waals surface area contributed by atoms with E-state index in [1.807, 2.05) is 0 Å². The van der Waals surface area contributed by atoms with Crippen LogP contribution in [0.25, 0.3) is 0 Å². The number of nitrogens with one attached hydrogen (secondary N) is 1. The Morgan fingerprint density at radius 3 is 2.39 bits per heavy atom. The predicted molar refractivity (Wildman–Crippen MR) is 59.8 cm³/mol. The van der Waals surface area contributed by atoms with Crippen LogP contribution in [0.4, 0.5) is 0 Å². The molecule has 8 heteroatoms. The molecule has 0 unspecified atom stereocenters. The van der Waals surface area contributed by atoms with E-state index in [1.165, 1.54) is 6.33 Å². The second kappa shape index (κ2) is 6.36. The van der Waals surface area contributed by atoms with E-state index in [-0.39, 0.29) is 17.8 Å². The van der Waals surface area contributed by atoms with Crippen molar-refractivity contribution in [2.24, 2.45) is 0 Å². The van der Waals surface area contributed by atoms with Crippen molar-refractivity contribution in [3.63, 3.8) is 0 Å². The summed E-state index contributed by atoms with van der Waals surface area (Å²) in [4.78, 5) is 18.3. The van der Waals surface area contributed by atoms with Crippen molar-refractivity contribution in [2.75, 3.05) is 19.8 Å². The summed E-state index contributed by atoms with van der Waals surface area (Å²) in [5.74, 6) is -1.17. The lowest BCUT2D eigenvalue weighted by molar-refractivity contribution is 0.0410. The van der Waals surface area contributed by atoms with E-state index in [4.69, 9.17) is 20.4 Å². The number of carbonyl (C=O) groups is 1. The molecule has 0 bridgehead atoms. The number of carboxylic acid groups (broad SMARTS) is 1. The first-order chi connectivity index (χ1) is 8.58. The lowest BCUT2D eigenvalue weighted by Crippen LogP contribution is -2.54. The minimum atomic E-state index is -1.28. The Morgan fingerprint density at radius 2 is 1.89 bits per heavy atom. The molecule has 1 aromatic heterocycles. The normalized spacial score (nSPS) is 11.5. The molecule has 0 amide bonds. The van der Waals surface area contributed by atoms with Crippen LogP contribution in [0, 0.1) is 0 Å². The van der Waals surface area contributed by atoms with Gasteiger partial charge in [-0.1, -0.05) is 0 Å². The summed E-state index contributed by atoms with van der Waals surface area (Å²) in [7, 11) is 0. The summed E-state index contributed by atoms with van der Waals surface area (Å²) in [6.07, 6.45) is 2.35. The monoisotopic (exact) mass is 257 g/mol. The Bertz CT molecular complexity index is 400. The maximum absolute atomic E-state index is 10.9. The van der Waals surface area contributed by atoms with E-state index in [9.17, 15) is 4.79 Å². The largest absolute Gasteiger partial charge is 0.478 e. The molecule has 0 aromatic carbocycles. The average Bonchev–Trinajstić information content (AvgIpc) is 2.41. The number of aliphatic hydroxyl groups excluding tert-OH is 3. The topological polar surface area (TPSA) is 136 Å². The van der Waals surface area contributed by atoms with Crippen molar-refractivity contribution < 1.29 is 25.2 Å². The van der Waals surface area contributed by atoms with Gasteiger partial charge in [-0.25, -0.2) is 14.8 Å². The van der Waals surface area contributed by atoms with Gasteiger partial charge >= 0.3 is 5.97 Å². The molecule has 0 fully saturated rings. The molecule has 8 nitrogen and oxygen atoms in total. The number of rotatable bonds is 7. The van der Waals surface area contributed by atoms with Gasteiger partial charge in [0.25, 0.3) is 0 Å². The van der Waals surface area contributed by atoms with E-state index in [2.05, 4.69) is 15.3 Å². The molecular formula is C10H15N3O5. The minimum Gasteiger partial charge on any atom is -0.478 e. The van der Waals surface area contributed by atoms with Crippen molar-refractivity contribution in [1.82, 2.24) is 15.3 Å². The van der Waals surface area contributed by atoms with Gasteiger partial charge in [-0.05, 0) is 0 Å². The van der Waals surface area contributed by atoms with E-state index >= 15 is 0 Å². The number of aliphatic hydroxyl groups is 3. The van der Waals surface area contributed by atoms with Crippen LogP contribution in [0.5, 0.6) is 0 Å². The molecule has 0 spiro atoms. The highest BCUT2D eigenvalue weighted by molar-refractivity contribution is 5.88. The zero-order chi connectivity index (χ0) is 13.6. The Labute approximate surface area is 103 Å². The SMILES string of the molecule is O=C(O)c1cncnc1CNC(CO)(CO)CO. The number of aromatic nitrogens is 2. The van der Waals surface area contributed by atoms with Gasteiger partial charge in [0, 0.05) is 12.7 Å². The maximum Gasteiger partial charge on any atom is 0.339 e. The van der Waals surface area contributed by atoms with E-state index in [0.29, 0.717) is 0 Å². The summed E-state index contributed by atoms with van der Waals surface area (Å²) in [5.41, 5.74) is -1.15. The van der Waals surface area contributed by atoms with Crippen molar-refractivity contribution in [3.8, 4) is 0 Å². The molecule has 0 radical (unpaired) electrons. The Morgan fingerprint density at radius 1 is 1.28 bits per heavy atom. The highest BCUT2D eigenvalue weighted by Crippen LogP contribution is 2.07. The summed E-state index contributed by atoms with van der Waals surface area (Å²) in [6.45, 7) is -1.50. The predicted octanol–water partition coefficient (Wildman–Crippen LogP) is -2.02. The van der Waals surface area contributed by atoms with Crippen LogP contribution in [0.1, 0.15) is 16.1 Å². The summed E-state index contributed by atoms with van der Waals surface area (Å²) < 4.78 is 0. The van der Waals surface area contributed by atoms with E-state index in [0.717, 1.165) is 6.20 Å². The number of nitrogens with zero attached hydrogens (tertiary/aromatic N) is 2. The Kier molecular flexibility index (Phi) is 5.10. The van der Waals surface area contributed by atoms with Gasteiger partial charge in [0.2, 0.25) is 0 Å². The fraction of sp³-hybridized carbons (Fsp3) is 0.500. The second-order valence-corrected chi connectivity index (χ2v) is 3.80. The average molecular weight is 257 g/mol. The first-order valence-electron chi connectivity index (χ1n) is 5.18. The molecular weight excluding hydrogens is 242 g/mol. The van der Waals surface area contributed by atoms with E-state index in [1.54, 1.807) is 0 Å². The molecule has 0 saturated heterocycles. The number of aromatic carboxylic acids is 1. The van der Waals surface area contributed by atoms with Crippen molar-refractivity contribution in [1.29, 1.82) is 0 Å². The minimum absolute atomic E-state index is 0.0220. The molecule has 1 heterocycles. The zero-order valence-corrected chi connectivity index (χ0v) is 9.57. The highest BCUT2D eigenvalue weighted by atomic mass is 16.4. The van der Waals surface area contributed by atoms with Crippen LogP contribution in [0.2, 0.25) is 0 Å². The van der Waals surface area contributed by atoms with Gasteiger partial charge in [-0.2, -0.15) is 0 Å². The van der Waals surface area contributed by atoms with Crippen LogP contribution >= 0.6 is 0 Å². The molecule has 18 heavy (non-hydrogen) atoms. The van der Waals surface area contributed by atoms with Crippen molar-refractivity contribution >= 4 is 5.97 Å². The lowest BCUT2D eigenvalue weighted by Gasteiger charge is -2.28. The molecule has 1 rings (SSSR count). The van der Waals surface area contributed by atoms with Crippen LogP contribution < -0.4 is 5.32 Å². The molecule has 0 atom stereocenters. The Balaban J connectivity index is 2.83. The van der Waals surface area contributed by atoms with E-state index < -0.39 is 31.3 Å².